The first-order chi connectivity index (χ1) is 16.1. The average molecular weight is 471 g/mol. The summed E-state index contributed by atoms with van der Waals surface area (Å²) in [7, 11) is 0. The van der Waals surface area contributed by atoms with Gasteiger partial charge < -0.3 is 28.4 Å². The van der Waals surface area contributed by atoms with Gasteiger partial charge in [0, 0.05) is 0 Å². The van der Waals surface area contributed by atoms with E-state index in [-0.39, 0.29) is 13.2 Å². The van der Waals surface area contributed by atoms with Crippen molar-refractivity contribution in [3.05, 3.63) is 71.8 Å². The molecule has 0 aliphatic carbocycles. The fraction of sp³-hybridized carbons (Fsp3) is 0.462. The van der Waals surface area contributed by atoms with E-state index in [0.29, 0.717) is 11.1 Å². The first-order valence-electron chi connectivity index (χ1n) is 11.3. The van der Waals surface area contributed by atoms with Crippen molar-refractivity contribution in [3.8, 4) is 0 Å². The standard InChI is InChI=1S/C26H30O8/c1-25(2)30-16-20(32-25)22-21(33-26(3,4)34-22)19(31-24(28)18-13-9-6-10-14-18)15-29-23(27)17-11-7-5-8-12-17/h5-14,19-22H,15-16H2,1-4H3/t19-,20-,21+,22-/m1/s1. The van der Waals surface area contributed by atoms with Crippen LogP contribution in [0.15, 0.2) is 60.7 Å². The molecule has 0 N–H and O–H groups in total. The number of hydrogen-bond donors (Lipinski definition) is 0. The van der Waals surface area contributed by atoms with E-state index >= 15 is 0 Å². The van der Waals surface area contributed by atoms with E-state index < -0.39 is 47.9 Å². The smallest absolute Gasteiger partial charge is 0.338 e. The van der Waals surface area contributed by atoms with E-state index in [0.717, 1.165) is 0 Å². The van der Waals surface area contributed by atoms with Crippen molar-refractivity contribution in [2.45, 2.75) is 63.7 Å². The van der Waals surface area contributed by atoms with Crippen LogP contribution in [0.1, 0.15) is 48.4 Å². The van der Waals surface area contributed by atoms with Crippen molar-refractivity contribution in [1.29, 1.82) is 0 Å². The molecular formula is C26H30O8. The van der Waals surface area contributed by atoms with Crippen LogP contribution in [0.2, 0.25) is 0 Å². The van der Waals surface area contributed by atoms with E-state index in [1.54, 1.807) is 62.4 Å². The van der Waals surface area contributed by atoms with Gasteiger partial charge in [-0.1, -0.05) is 36.4 Å². The number of ether oxygens (including phenoxy) is 6. The molecule has 2 fully saturated rings. The zero-order valence-electron chi connectivity index (χ0n) is 19.8. The van der Waals surface area contributed by atoms with Gasteiger partial charge in [-0.2, -0.15) is 0 Å². The molecule has 2 aliphatic rings. The Hall–Kier alpha value is -2.78. The highest BCUT2D eigenvalue weighted by atomic mass is 16.8. The lowest BCUT2D eigenvalue weighted by molar-refractivity contribution is -0.175. The summed E-state index contributed by atoms with van der Waals surface area (Å²) in [6.07, 6.45) is -2.77. The maximum Gasteiger partial charge on any atom is 0.338 e. The Morgan fingerprint density at radius 1 is 0.853 bits per heavy atom. The Kier molecular flexibility index (Phi) is 7.04. The average Bonchev–Trinajstić information content (AvgIpc) is 3.35. The molecule has 34 heavy (non-hydrogen) atoms. The van der Waals surface area contributed by atoms with Crippen LogP contribution in [0, 0.1) is 0 Å². The number of hydrogen-bond acceptors (Lipinski definition) is 8. The molecular weight excluding hydrogens is 440 g/mol. The Bertz CT molecular complexity index is 988. The molecule has 0 saturated carbocycles. The highest BCUT2D eigenvalue weighted by molar-refractivity contribution is 5.90. The Balaban J connectivity index is 1.56. The summed E-state index contributed by atoms with van der Waals surface area (Å²) in [5.41, 5.74) is 0.767. The van der Waals surface area contributed by atoms with Gasteiger partial charge in [0.2, 0.25) is 0 Å². The monoisotopic (exact) mass is 470 g/mol. The molecule has 8 nitrogen and oxygen atoms in total. The number of carbonyl (C=O) groups excluding carboxylic acids is 2. The van der Waals surface area contributed by atoms with Crippen molar-refractivity contribution in [3.63, 3.8) is 0 Å². The van der Waals surface area contributed by atoms with Gasteiger partial charge in [-0.25, -0.2) is 9.59 Å². The van der Waals surface area contributed by atoms with Gasteiger partial charge in [-0.15, -0.1) is 0 Å². The van der Waals surface area contributed by atoms with Crippen LogP contribution in [-0.2, 0) is 28.4 Å². The summed E-state index contributed by atoms with van der Waals surface area (Å²) in [5.74, 6) is -2.83. The van der Waals surface area contributed by atoms with Gasteiger partial charge >= 0.3 is 11.9 Å². The lowest BCUT2D eigenvalue weighted by atomic mass is 10.0. The fourth-order valence-electron chi connectivity index (χ4n) is 4.06. The summed E-state index contributed by atoms with van der Waals surface area (Å²) in [4.78, 5) is 25.5. The molecule has 0 spiro atoms. The fourth-order valence-corrected chi connectivity index (χ4v) is 4.06. The van der Waals surface area contributed by atoms with E-state index in [2.05, 4.69) is 0 Å². The lowest BCUT2D eigenvalue weighted by Gasteiger charge is -2.28. The third-order valence-electron chi connectivity index (χ3n) is 5.58. The molecule has 2 aliphatic heterocycles. The molecule has 0 aromatic heterocycles. The second kappa shape index (κ2) is 9.84. The SMILES string of the molecule is CC1(C)O[C@@H]([C@@H](COC(=O)c2ccccc2)OC(=O)c2ccccc2)[C@@H]([C@H]2COC(C)(C)O2)O1. The van der Waals surface area contributed by atoms with Crippen LogP contribution in [0.5, 0.6) is 0 Å². The minimum absolute atomic E-state index is 0.218. The van der Waals surface area contributed by atoms with Crippen molar-refractivity contribution in [2.75, 3.05) is 13.2 Å². The molecule has 2 aromatic rings. The van der Waals surface area contributed by atoms with Crippen LogP contribution in [-0.4, -0.2) is 61.1 Å². The molecule has 0 unspecified atom stereocenters. The molecule has 0 amide bonds. The lowest BCUT2D eigenvalue weighted by Crippen LogP contribution is -2.47. The minimum Gasteiger partial charge on any atom is -0.458 e. The number of esters is 2. The maximum atomic E-state index is 12.9. The summed E-state index contributed by atoms with van der Waals surface area (Å²) < 4.78 is 35.4. The van der Waals surface area contributed by atoms with Gasteiger partial charge in [0.1, 0.15) is 24.9 Å². The van der Waals surface area contributed by atoms with Crippen LogP contribution >= 0.6 is 0 Å². The topological polar surface area (TPSA) is 89.5 Å². The van der Waals surface area contributed by atoms with Gasteiger partial charge in [-0.3, -0.25) is 0 Å². The molecule has 2 saturated heterocycles. The summed E-state index contributed by atoms with van der Waals surface area (Å²) >= 11 is 0. The molecule has 4 rings (SSSR count). The molecule has 4 atom stereocenters. The van der Waals surface area contributed by atoms with Gasteiger partial charge in [0.05, 0.1) is 17.7 Å². The predicted octanol–water partition coefficient (Wildman–Crippen LogP) is 3.74. The van der Waals surface area contributed by atoms with Crippen molar-refractivity contribution in [2.24, 2.45) is 0 Å². The minimum atomic E-state index is -0.966. The van der Waals surface area contributed by atoms with E-state index in [9.17, 15) is 9.59 Å². The highest BCUT2D eigenvalue weighted by Crippen LogP contribution is 2.37. The molecule has 0 radical (unpaired) electrons. The molecule has 8 heteroatoms. The highest BCUT2D eigenvalue weighted by Gasteiger charge is 2.53. The largest absolute Gasteiger partial charge is 0.458 e. The van der Waals surface area contributed by atoms with Crippen molar-refractivity contribution < 1.29 is 38.0 Å². The zero-order valence-corrected chi connectivity index (χ0v) is 19.8. The van der Waals surface area contributed by atoms with Crippen LogP contribution in [0.25, 0.3) is 0 Å². The number of rotatable bonds is 7. The summed E-state index contributed by atoms with van der Waals surface area (Å²) in [6.45, 7) is 7.25. The van der Waals surface area contributed by atoms with E-state index in [1.807, 2.05) is 26.0 Å². The summed E-state index contributed by atoms with van der Waals surface area (Å²) in [6, 6.07) is 17.2. The van der Waals surface area contributed by atoms with E-state index in [1.165, 1.54) is 0 Å². The Morgan fingerprint density at radius 2 is 1.44 bits per heavy atom. The quantitative estimate of drug-likeness (QED) is 0.566. The third-order valence-corrected chi connectivity index (χ3v) is 5.58. The van der Waals surface area contributed by atoms with Gasteiger partial charge in [0.15, 0.2) is 17.7 Å². The van der Waals surface area contributed by atoms with Crippen LogP contribution < -0.4 is 0 Å². The molecule has 182 valence electrons. The van der Waals surface area contributed by atoms with Crippen molar-refractivity contribution in [1.82, 2.24) is 0 Å². The second-order valence-corrected chi connectivity index (χ2v) is 9.21. The first kappa shape index (κ1) is 24.3. The number of benzene rings is 2. The number of carbonyl (C=O) groups is 2. The Morgan fingerprint density at radius 3 is 2.00 bits per heavy atom. The van der Waals surface area contributed by atoms with Crippen LogP contribution in [0.3, 0.4) is 0 Å². The zero-order chi connectivity index (χ0) is 24.3. The molecule has 2 heterocycles. The van der Waals surface area contributed by atoms with Gasteiger partial charge in [-0.05, 0) is 52.0 Å². The second-order valence-electron chi connectivity index (χ2n) is 9.21. The molecule has 0 bridgehead atoms. The first-order valence-corrected chi connectivity index (χ1v) is 11.3. The van der Waals surface area contributed by atoms with E-state index in [4.69, 9.17) is 28.4 Å². The predicted molar refractivity (Wildman–Crippen MR) is 121 cm³/mol. The Labute approximate surface area is 199 Å². The third kappa shape index (κ3) is 5.82. The normalized spacial score (nSPS) is 26.1. The van der Waals surface area contributed by atoms with Gasteiger partial charge in [0.25, 0.3) is 0 Å². The van der Waals surface area contributed by atoms with Crippen LogP contribution in [0.4, 0.5) is 0 Å². The molecule has 2 aromatic carbocycles. The summed E-state index contributed by atoms with van der Waals surface area (Å²) in [5, 5.41) is 0. The maximum absolute atomic E-state index is 12.9. The van der Waals surface area contributed by atoms with Crippen molar-refractivity contribution >= 4 is 11.9 Å².